The summed E-state index contributed by atoms with van der Waals surface area (Å²) in [5.74, 6) is -0.736. The van der Waals surface area contributed by atoms with Crippen LogP contribution in [0.25, 0.3) is 0 Å². The van der Waals surface area contributed by atoms with Crippen LogP contribution in [0.1, 0.15) is 10.4 Å². The Bertz CT molecular complexity index is 941. The van der Waals surface area contributed by atoms with Gasteiger partial charge in [0.05, 0.1) is 4.90 Å². The van der Waals surface area contributed by atoms with E-state index in [0.29, 0.717) is 0 Å². The molecule has 1 aromatic carbocycles. The summed E-state index contributed by atoms with van der Waals surface area (Å²) < 4.78 is 23.0. The monoisotopic (exact) mass is 324 g/mol. The summed E-state index contributed by atoms with van der Waals surface area (Å²) in [6, 6.07) is 5.09. The number of carbonyl (C=O) groups is 1. The predicted octanol–water partition coefficient (Wildman–Crippen LogP) is -1.03. The molecular weight excluding hydrogens is 312 g/mol. The zero-order chi connectivity index (χ0) is 16.5. The van der Waals surface area contributed by atoms with Crippen LogP contribution in [0.5, 0.6) is 0 Å². The summed E-state index contributed by atoms with van der Waals surface area (Å²) in [6.07, 6.45) is 1.01. The number of hydrogen-bond donors (Lipinski definition) is 3. The molecule has 116 valence electrons. The molecule has 2 rings (SSSR count). The number of H-pyrrole nitrogens is 1. The number of nitrogens with zero attached hydrogens (tertiary/aromatic N) is 1. The SMILES string of the molecule is Cn1c(=O)[nH]cc(C(=O)Nc2ccc(S(N)(=O)=O)cc2)c1=O. The van der Waals surface area contributed by atoms with E-state index in [1.165, 1.54) is 31.3 Å². The smallest absolute Gasteiger partial charge is 0.322 e. The third kappa shape index (κ3) is 3.13. The van der Waals surface area contributed by atoms with Crippen LogP contribution in [-0.4, -0.2) is 23.9 Å². The van der Waals surface area contributed by atoms with Crippen LogP contribution in [0, 0.1) is 0 Å². The lowest BCUT2D eigenvalue weighted by Gasteiger charge is -2.06. The van der Waals surface area contributed by atoms with Crippen molar-refractivity contribution in [3.05, 3.63) is 56.9 Å². The molecule has 0 aliphatic rings. The maximum Gasteiger partial charge on any atom is 0.328 e. The van der Waals surface area contributed by atoms with Gasteiger partial charge in [-0.1, -0.05) is 0 Å². The van der Waals surface area contributed by atoms with Crippen molar-refractivity contribution in [2.75, 3.05) is 5.32 Å². The van der Waals surface area contributed by atoms with E-state index in [0.717, 1.165) is 10.8 Å². The van der Waals surface area contributed by atoms with E-state index < -0.39 is 27.2 Å². The molecule has 9 nitrogen and oxygen atoms in total. The molecule has 1 aromatic heterocycles. The molecular formula is C12H12N4O5S. The van der Waals surface area contributed by atoms with Gasteiger partial charge in [0, 0.05) is 18.9 Å². The highest BCUT2D eigenvalue weighted by Crippen LogP contribution is 2.13. The van der Waals surface area contributed by atoms with Gasteiger partial charge in [-0.3, -0.25) is 14.2 Å². The van der Waals surface area contributed by atoms with Gasteiger partial charge in [0.25, 0.3) is 11.5 Å². The van der Waals surface area contributed by atoms with E-state index in [2.05, 4.69) is 10.3 Å². The lowest BCUT2D eigenvalue weighted by molar-refractivity contribution is 0.102. The second-order valence-electron chi connectivity index (χ2n) is 4.40. The number of sulfonamides is 1. The van der Waals surface area contributed by atoms with Crippen LogP contribution in [0.3, 0.4) is 0 Å². The first-order valence-electron chi connectivity index (χ1n) is 5.93. The van der Waals surface area contributed by atoms with Crippen molar-refractivity contribution in [3.8, 4) is 0 Å². The average molecular weight is 324 g/mol. The fourth-order valence-corrected chi connectivity index (χ4v) is 2.17. The highest BCUT2D eigenvalue weighted by Gasteiger charge is 2.14. The molecule has 0 saturated carbocycles. The normalized spacial score (nSPS) is 11.2. The molecule has 10 heteroatoms. The zero-order valence-corrected chi connectivity index (χ0v) is 12.2. The second-order valence-corrected chi connectivity index (χ2v) is 5.96. The second kappa shape index (κ2) is 5.58. The van der Waals surface area contributed by atoms with E-state index in [1.807, 2.05) is 0 Å². The molecule has 0 atom stereocenters. The molecule has 0 spiro atoms. The van der Waals surface area contributed by atoms with E-state index in [9.17, 15) is 22.8 Å². The maximum atomic E-state index is 12.0. The van der Waals surface area contributed by atoms with Crippen LogP contribution in [-0.2, 0) is 17.1 Å². The molecule has 0 aliphatic heterocycles. The number of hydrogen-bond acceptors (Lipinski definition) is 5. The molecule has 0 unspecified atom stereocenters. The Kier molecular flexibility index (Phi) is 3.97. The van der Waals surface area contributed by atoms with Gasteiger partial charge in [-0.15, -0.1) is 0 Å². The Morgan fingerprint density at radius 1 is 1.23 bits per heavy atom. The van der Waals surface area contributed by atoms with Crippen LogP contribution < -0.4 is 21.7 Å². The molecule has 22 heavy (non-hydrogen) atoms. The number of nitrogens with two attached hydrogens (primary N) is 1. The van der Waals surface area contributed by atoms with Gasteiger partial charge in [-0.05, 0) is 24.3 Å². The fraction of sp³-hybridized carbons (Fsp3) is 0.0833. The Labute approximate surface area is 124 Å². The quantitative estimate of drug-likeness (QED) is 0.661. The van der Waals surface area contributed by atoms with Gasteiger partial charge in [0.1, 0.15) is 5.56 Å². The van der Waals surface area contributed by atoms with Gasteiger partial charge < -0.3 is 10.3 Å². The van der Waals surface area contributed by atoms with Gasteiger partial charge in [0.15, 0.2) is 0 Å². The summed E-state index contributed by atoms with van der Waals surface area (Å²) in [5.41, 5.74) is -1.37. The van der Waals surface area contributed by atoms with E-state index in [4.69, 9.17) is 5.14 Å². The number of rotatable bonds is 3. The van der Waals surface area contributed by atoms with E-state index >= 15 is 0 Å². The Morgan fingerprint density at radius 2 is 1.82 bits per heavy atom. The molecule has 0 saturated heterocycles. The first-order chi connectivity index (χ1) is 10.2. The number of aromatic nitrogens is 2. The van der Waals surface area contributed by atoms with Crippen LogP contribution in [0.4, 0.5) is 5.69 Å². The summed E-state index contributed by atoms with van der Waals surface area (Å²) in [6.45, 7) is 0. The number of anilines is 1. The molecule has 0 fully saturated rings. The Hall–Kier alpha value is -2.72. The molecule has 0 bridgehead atoms. The predicted molar refractivity (Wildman–Crippen MR) is 78.1 cm³/mol. The third-order valence-corrected chi connectivity index (χ3v) is 3.79. The van der Waals surface area contributed by atoms with Gasteiger partial charge >= 0.3 is 5.69 Å². The summed E-state index contributed by atoms with van der Waals surface area (Å²) in [4.78, 5) is 37.1. The van der Waals surface area contributed by atoms with Crippen molar-refractivity contribution >= 4 is 21.6 Å². The van der Waals surface area contributed by atoms with Crippen molar-refractivity contribution in [2.45, 2.75) is 4.90 Å². The Balaban J connectivity index is 2.28. The first-order valence-corrected chi connectivity index (χ1v) is 7.47. The van der Waals surface area contributed by atoms with Crippen molar-refractivity contribution in [3.63, 3.8) is 0 Å². The lowest BCUT2D eigenvalue weighted by atomic mass is 10.2. The molecule has 2 aromatic rings. The zero-order valence-electron chi connectivity index (χ0n) is 11.4. The van der Waals surface area contributed by atoms with Gasteiger partial charge in [-0.2, -0.15) is 0 Å². The standard InChI is InChI=1S/C12H12N4O5S/c1-16-11(18)9(6-14-12(16)19)10(17)15-7-2-4-8(5-3-7)22(13,20)21/h2-6H,1H3,(H,14,19)(H,15,17)(H2,13,20,21). The number of amides is 1. The number of primary sulfonamides is 1. The van der Waals surface area contributed by atoms with Gasteiger partial charge in [0.2, 0.25) is 10.0 Å². The highest BCUT2D eigenvalue weighted by molar-refractivity contribution is 7.89. The minimum absolute atomic E-state index is 0.106. The minimum Gasteiger partial charge on any atom is -0.322 e. The molecule has 1 heterocycles. The van der Waals surface area contributed by atoms with Crippen molar-refractivity contribution in [2.24, 2.45) is 12.2 Å². The Morgan fingerprint density at radius 3 is 2.36 bits per heavy atom. The van der Waals surface area contributed by atoms with Crippen molar-refractivity contribution in [1.29, 1.82) is 0 Å². The first kappa shape index (κ1) is 15.7. The number of carbonyl (C=O) groups excluding carboxylic acids is 1. The molecule has 4 N–H and O–H groups in total. The van der Waals surface area contributed by atoms with Crippen LogP contribution in [0.2, 0.25) is 0 Å². The van der Waals surface area contributed by atoms with E-state index in [1.54, 1.807) is 0 Å². The van der Waals surface area contributed by atoms with Crippen LogP contribution in [0.15, 0.2) is 44.9 Å². The van der Waals surface area contributed by atoms with Crippen molar-refractivity contribution in [1.82, 2.24) is 9.55 Å². The summed E-state index contributed by atoms with van der Waals surface area (Å²) in [5, 5.41) is 7.37. The number of aromatic amines is 1. The van der Waals surface area contributed by atoms with E-state index in [-0.39, 0.29) is 16.1 Å². The summed E-state index contributed by atoms with van der Waals surface area (Å²) >= 11 is 0. The largest absolute Gasteiger partial charge is 0.328 e. The molecule has 1 amide bonds. The van der Waals surface area contributed by atoms with Crippen molar-refractivity contribution < 1.29 is 13.2 Å². The minimum atomic E-state index is -3.82. The molecule has 0 aliphatic carbocycles. The lowest BCUT2D eigenvalue weighted by Crippen LogP contribution is -2.37. The molecule has 0 radical (unpaired) electrons. The summed E-state index contributed by atoms with van der Waals surface area (Å²) in [7, 11) is -2.59. The van der Waals surface area contributed by atoms with Crippen LogP contribution >= 0.6 is 0 Å². The third-order valence-electron chi connectivity index (χ3n) is 2.87. The van der Waals surface area contributed by atoms with Gasteiger partial charge in [-0.25, -0.2) is 18.4 Å². The fourth-order valence-electron chi connectivity index (χ4n) is 1.65. The number of benzene rings is 1. The average Bonchev–Trinajstić information content (AvgIpc) is 2.44. The topological polar surface area (TPSA) is 144 Å². The maximum absolute atomic E-state index is 12.0. The number of nitrogens with one attached hydrogen (secondary N) is 2. The highest BCUT2D eigenvalue weighted by atomic mass is 32.2.